The van der Waals surface area contributed by atoms with Gasteiger partial charge in [-0.25, -0.2) is 0 Å². The first kappa shape index (κ1) is 16.6. The summed E-state index contributed by atoms with van der Waals surface area (Å²) in [7, 11) is 0. The van der Waals surface area contributed by atoms with Crippen LogP contribution in [0, 0.1) is 5.92 Å². The van der Waals surface area contributed by atoms with Crippen LogP contribution in [0.1, 0.15) is 45.6 Å². The van der Waals surface area contributed by atoms with Gasteiger partial charge < -0.3 is 11.1 Å². The van der Waals surface area contributed by atoms with E-state index in [1.165, 1.54) is 6.42 Å². The molecule has 0 aliphatic heterocycles. The maximum absolute atomic E-state index is 12.0. The van der Waals surface area contributed by atoms with Gasteiger partial charge in [0.25, 0.3) is 0 Å². The third-order valence-electron chi connectivity index (χ3n) is 3.35. The topological polar surface area (TPSA) is 68.0 Å². The molecule has 0 bridgehead atoms. The van der Waals surface area contributed by atoms with Crippen LogP contribution in [0.3, 0.4) is 0 Å². The molecular weight excluding hydrogens is 250 g/mol. The molecule has 1 aromatic rings. The first-order valence-electron chi connectivity index (χ1n) is 7.44. The molecule has 0 aliphatic carbocycles. The second-order valence-corrected chi connectivity index (χ2v) is 5.90. The van der Waals surface area contributed by atoms with Gasteiger partial charge in [0.05, 0.1) is 6.04 Å². The first-order chi connectivity index (χ1) is 9.49. The van der Waals surface area contributed by atoms with Crippen LogP contribution in [0.4, 0.5) is 0 Å². The quantitative estimate of drug-likeness (QED) is 0.766. The lowest BCUT2D eigenvalue weighted by Gasteiger charge is -2.18. The van der Waals surface area contributed by atoms with Gasteiger partial charge in [0.1, 0.15) is 0 Å². The number of pyridine rings is 1. The number of nitrogens with two attached hydrogens (primary N) is 1. The molecule has 0 fully saturated rings. The Hall–Kier alpha value is -1.42. The molecule has 0 radical (unpaired) electrons. The van der Waals surface area contributed by atoms with Crippen LogP contribution in [0.5, 0.6) is 0 Å². The number of hydrogen-bond donors (Lipinski definition) is 2. The van der Waals surface area contributed by atoms with Gasteiger partial charge in [-0.2, -0.15) is 0 Å². The molecule has 4 heteroatoms. The molecule has 1 amide bonds. The minimum absolute atomic E-state index is 0.0705. The zero-order chi connectivity index (χ0) is 15.0. The molecule has 1 aromatic heterocycles. The summed E-state index contributed by atoms with van der Waals surface area (Å²) >= 11 is 0. The smallest absolute Gasteiger partial charge is 0.237 e. The summed E-state index contributed by atoms with van der Waals surface area (Å²) in [5, 5.41) is 2.99. The van der Waals surface area contributed by atoms with Crippen molar-refractivity contribution >= 4 is 5.91 Å². The van der Waals surface area contributed by atoms with Crippen LogP contribution in [-0.2, 0) is 11.2 Å². The van der Waals surface area contributed by atoms with Gasteiger partial charge in [-0.1, -0.05) is 26.7 Å². The predicted molar refractivity (Wildman–Crippen MR) is 82.2 cm³/mol. The second-order valence-electron chi connectivity index (χ2n) is 5.90. The van der Waals surface area contributed by atoms with Crippen LogP contribution in [0.2, 0.25) is 0 Å². The molecule has 0 aromatic carbocycles. The van der Waals surface area contributed by atoms with Gasteiger partial charge in [0, 0.05) is 18.4 Å². The molecule has 0 aliphatic rings. The summed E-state index contributed by atoms with van der Waals surface area (Å²) in [6, 6.07) is 3.47. The Morgan fingerprint density at radius 2 is 1.90 bits per heavy atom. The summed E-state index contributed by atoms with van der Waals surface area (Å²) < 4.78 is 0. The molecule has 0 spiro atoms. The number of carbonyl (C=O) groups excluding carboxylic acids is 1. The van der Waals surface area contributed by atoms with E-state index in [1.807, 2.05) is 19.1 Å². The van der Waals surface area contributed by atoms with Crippen LogP contribution < -0.4 is 11.1 Å². The fourth-order valence-corrected chi connectivity index (χ4v) is 2.12. The largest absolute Gasteiger partial charge is 0.352 e. The zero-order valence-corrected chi connectivity index (χ0v) is 12.8. The van der Waals surface area contributed by atoms with Crippen molar-refractivity contribution in [2.75, 3.05) is 0 Å². The van der Waals surface area contributed by atoms with E-state index in [4.69, 9.17) is 5.73 Å². The van der Waals surface area contributed by atoms with E-state index in [2.05, 4.69) is 24.1 Å². The van der Waals surface area contributed by atoms with Gasteiger partial charge in [0.15, 0.2) is 0 Å². The van der Waals surface area contributed by atoms with E-state index >= 15 is 0 Å². The van der Waals surface area contributed by atoms with E-state index in [0.717, 1.165) is 18.4 Å². The van der Waals surface area contributed by atoms with Gasteiger partial charge in [-0.15, -0.1) is 0 Å². The molecule has 112 valence electrons. The van der Waals surface area contributed by atoms with Gasteiger partial charge >= 0.3 is 0 Å². The van der Waals surface area contributed by atoms with Crippen molar-refractivity contribution in [1.29, 1.82) is 0 Å². The van der Waals surface area contributed by atoms with E-state index < -0.39 is 6.04 Å². The molecule has 4 nitrogen and oxygen atoms in total. The van der Waals surface area contributed by atoms with E-state index in [0.29, 0.717) is 12.3 Å². The van der Waals surface area contributed by atoms with Crippen molar-refractivity contribution in [2.45, 2.75) is 58.5 Å². The fraction of sp³-hybridized carbons (Fsp3) is 0.625. The minimum atomic E-state index is -0.495. The minimum Gasteiger partial charge on any atom is -0.352 e. The zero-order valence-electron chi connectivity index (χ0n) is 12.8. The van der Waals surface area contributed by atoms with Crippen LogP contribution in [0.15, 0.2) is 24.5 Å². The van der Waals surface area contributed by atoms with Crippen molar-refractivity contribution in [3.63, 3.8) is 0 Å². The van der Waals surface area contributed by atoms with E-state index in [9.17, 15) is 4.79 Å². The number of hydrogen-bond acceptors (Lipinski definition) is 3. The first-order valence-corrected chi connectivity index (χ1v) is 7.44. The monoisotopic (exact) mass is 277 g/mol. The average molecular weight is 277 g/mol. The lowest BCUT2D eigenvalue weighted by atomic mass is 10.0. The van der Waals surface area contributed by atoms with Crippen molar-refractivity contribution in [3.8, 4) is 0 Å². The number of nitrogens with zero attached hydrogens (tertiary/aromatic N) is 1. The lowest BCUT2D eigenvalue weighted by molar-refractivity contribution is -0.123. The second kappa shape index (κ2) is 8.69. The summed E-state index contributed by atoms with van der Waals surface area (Å²) in [6.07, 6.45) is 7.32. The molecule has 1 rings (SSSR count). The maximum atomic E-state index is 12.0. The highest BCUT2D eigenvalue weighted by molar-refractivity contribution is 5.82. The molecule has 3 N–H and O–H groups in total. The summed E-state index contributed by atoms with van der Waals surface area (Å²) in [5.41, 5.74) is 6.98. The normalized spacial score (nSPS) is 14.1. The van der Waals surface area contributed by atoms with E-state index in [1.54, 1.807) is 12.4 Å². The van der Waals surface area contributed by atoms with Crippen molar-refractivity contribution < 1.29 is 4.79 Å². The lowest BCUT2D eigenvalue weighted by Crippen LogP contribution is -2.45. The third-order valence-corrected chi connectivity index (χ3v) is 3.35. The molecule has 2 atom stereocenters. The highest BCUT2D eigenvalue weighted by Crippen LogP contribution is 2.08. The molecular formula is C16H27N3O. The summed E-state index contributed by atoms with van der Waals surface area (Å²) in [6.45, 7) is 6.47. The number of carbonyl (C=O) groups is 1. The number of aromatic nitrogens is 1. The highest BCUT2D eigenvalue weighted by Gasteiger charge is 2.16. The fourth-order valence-electron chi connectivity index (χ4n) is 2.12. The van der Waals surface area contributed by atoms with Gasteiger partial charge in [0.2, 0.25) is 5.91 Å². The molecule has 1 heterocycles. The summed E-state index contributed by atoms with van der Waals surface area (Å²) in [5.74, 6) is 0.644. The third kappa shape index (κ3) is 6.66. The van der Waals surface area contributed by atoms with Gasteiger partial charge in [-0.3, -0.25) is 9.78 Å². The van der Waals surface area contributed by atoms with Crippen molar-refractivity contribution in [2.24, 2.45) is 11.7 Å². The van der Waals surface area contributed by atoms with Crippen LogP contribution in [0.25, 0.3) is 0 Å². The van der Waals surface area contributed by atoms with Crippen LogP contribution in [-0.4, -0.2) is 23.0 Å². The molecule has 0 saturated heterocycles. The van der Waals surface area contributed by atoms with Crippen LogP contribution >= 0.6 is 0 Å². The highest BCUT2D eigenvalue weighted by atomic mass is 16.2. The Morgan fingerprint density at radius 3 is 2.50 bits per heavy atom. The molecule has 0 saturated carbocycles. The van der Waals surface area contributed by atoms with Crippen molar-refractivity contribution in [3.05, 3.63) is 30.1 Å². The Bertz CT molecular complexity index is 392. The molecule has 1 unspecified atom stereocenters. The van der Waals surface area contributed by atoms with E-state index in [-0.39, 0.29) is 11.9 Å². The SMILES string of the molecule is CC(C)CCCC(C)NC(=O)[C@H](N)Cc1ccncc1. The number of nitrogens with one attached hydrogen (secondary N) is 1. The average Bonchev–Trinajstić information content (AvgIpc) is 2.39. The maximum Gasteiger partial charge on any atom is 0.237 e. The Balaban J connectivity index is 2.30. The Morgan fingerprint density at radius 1 is 1.25 bits per heavy atom. The Labute approximate surface area is 122 Å². The number of rotatable bonds is 8. The predicted octanol–water partition coefficient (Wildman–Crippen LogP) is 2.28. The molecule has 20 heavy (non-hydrogen) atoms. The summed E-state index contributed by atoms with van der Waals surface area (Å²) in [4.78, 5) is 16.0. The standard InChI is InChI=1S/C16H27N3O/c1-12(2)5-4-6-13(3)19-16(20)15(17)11-14-7-9-18-10-8-14/h7-10,12-13,15H,4-6,11,17H2,1-3H3,(H,19,20)/t13?,15-/m1/s1. The van der Waals surface area contributed by atoms with Crippen molar-refractivity contribution in [1.82, 2.24) is 10.3 Å². The number of amides is 1. The Kier molecular flexibility index (Phi) is 7.23. The van der Waals surface area contributed by atoms with Gasteiger partial charge in [-0.05, 0) is 43.4 Å².